The third kappa shape index (κ3) is 9.26. The first kappa shape index (κ1) is 29.4. The van der Waals surface area contributed by atoms with Crippen molar-refractivity contribution in [3.8, 4) is 0 Å². The summed E-state index contributed by atoms with van der Waals surface area (Å²) in [6.07, 6.45) is 0.380. The minimum Gasteiger partial charge on any atom is -0.350 e. The summed E-state index contributed by atoms with van der Waals surface area (Å²) in [5.41, 5.74) is 2.26. The number of nitrogens with zero attached hydrogens (tertiary/aromatic N) is 1. The first-order chi connectivity index (χ1) is 17.5. The molecule has 0 aliphatic rings. The summed E-state index contributed by atoms with van der Waals surface area (Å²) in [6.45, 7) is 6.00. The average molecular weight is 578 g/mol. The van der Waals surface area contributed by atoms with E-state index in [2.05, 4.69) is 5.32 Å². The van der Waals surface area contributed by atoms with Crippen molar-refractivity contribution in [1.82, 2.24) is 10.2 Å². The monoisotopic (exact) mass is 576 g/mol. The van der Waals surface area contributed by atoms with Crippen molar-refractivity contribution in [2.45, 2.75) is 51.1 Å². The highest BCUT2D eigenvalue weighted by Gasteiger charge is 2.32. The second-order valence-electron chi connectivity index (χ2n) is 9.80. The zero-order valence-corrected chi connectivity index (χ0v) is 24.2. The van der Waals surface area contributed by atoms with Gasteiger partial charge in [0, 0.05) is 29.3 Å². The van der Waals surface area contributed by atoms with Gasteiger partial charge in [0.15, 0.2) is 0 Å². The van der Waals surface area contributed by atoms with Crippen molar-refractivity contribution in [3.63, 3.8) is 0 Å². The van der Waals surface area contributed by atoms with Gasteiger partial charge in [-0.3, -0.25) is 9.59 Å². The highest BCUT2D eigenvalue weighted by Crippen LogP contribution is 2.26. The molecule has 1 atom stereocenters. The molecule has 8 heteroatoms. The number of halogens is 3. The summed E-state index contributed by atoms with van der Waals surface area (Å²) in [4.78, 5) is 28.9. The van der Waals surface area contributed by atoms with Gasteiger partial charge in [0.1, 0.15) is 6.04 Å². The number of carbonyl (C=O) groups excluding carboxylic acids is 2. The van der Waals surface area contributed by atoms with Gasteiger partial charge in [0.25, 0.3) is 0 Å². The van der Waals surface area contributed by atoms with Crippen molar-refractivity contribution in [2.75, 3.05) is 5.75 Å². The van der Waals surface area contributed by atoms with Crippen molar-refractivity contribution in [3.05, 3.63) is 105 Å². The van der Waals surface area contributed by atoms with Gasteiger partial charge < -0.3 is 10.2 Å². The predicted octanol–water partition coefficient (Wildman–Crippen LogP) is 7.43. The van der Waals surface area contributed by atoms with Gasteiger partial charge in [-0.15, -0.1) is 11.8 Å². The first-order valence-electron chi connectivity index (χ1n) is 11.9. The smallest absolute Gasteiger partial charge is 0.243 e. The van der Waals surface area contributed by atoms with Crippen LogP contribution in [0.5, 0.6) is 0 Å². The van der Waals surface area contributed by atoms with Gasteiger partial charge in [-0.1, -0.05) is 89.4 Å². The number of hydrogen-bond acceptors (Lipinski definition) is 3. The van der Waals surface area contributed by atoms with E-state index in [0.29, 0.717) is 27.2 Å². The lowest BCUT2D eigenvalue weighted by Gasteiger charge is -2.34. The summed E-state index contributed by atoms with van der Waals surface area (Å²) < 4.78 is 0. The van der Waals surface area contributed by atoms with Gasteiger partial charge in [-0.2, -0.15) is 0 Å². The van der Waals surface area contributed by atoms with Crippen molar-refractivity contribution >= 4 is 58.4 Å². The number of amides is 2. The Labute approximate surface area is 238 Å². The molecule has 0 unspecified atom stereocenters. The third-order valence-electron chi connectivity index (χ3n) is 5.55. The normalized spacial score (nSPS) is 12.2. The molecule has 0 saturated heterocycles. The molecule has 3 aromatic rings. The number of thioether (sulfide) groups is 1. The van der Waals surface area contributed by atoms with Crippen molar-refractivity contribution in [1.29, 1.82) is 0 Å². The van der Waals surface area contributed by atoms with Crippen LogP contribution in [0.25, 0.3) is 0 Å². The van der Waals surface area contributed by atoms with Crippen LogP contribution in [-0.2, 0) is 28.3 Å². The molecule has 37 heavy (non-hydrogen) atoms. The summed E-state index contributed by atoms with van der Waals surface area (Å²) in [6, 6.07) is 21.8. The highest BCUT2D eigenvalue weighted by atomic mass is 35.5. The van der Waals surface area contributed by atoms with E-state index in [1.165, 1.54) is 11.8 Å². The molecule has 0 heterocycles. The average Bonchev–Trinajstić information content (AvgIpc) is 2.84. The van der Waals surface area contributed by atoms with E-state index in [4.69, 9.17) is 34.8 Å². The quantitative estimate of drug-likeness (QED) is 0.272. The lowest BCUT2D eigenvalue weighted by molar-refractivity contribution is -0.140. The van der Waals surface area contributed by atoms with Crippen LogP contribution in [-0.4, -0.2) is 34.0 Å². The van der Waals surface area contributed by atoms with Crippen LogP contribution in [0.15, 0.2) is 72.8 Å². The van der Waals surface area contributed by atoms with Gasteiger partial charge in [-0.05, 0) is 55.7 Å². The molecule has 0 aliphatic heterocycles. The molecular formula is C29H31Cl3N2O2S. The fourth-order valence-electron chi connectivity index (χ4n) is 3.79. The molecule has 0 radical (unpaired) electrons. The van der Waals surface area contributed by atoms with E-state index in [0.717, 1.165) is 16.7 Å². The zero-order chi connectivity index (χ0) is 27.0. The second kappa shape index (κ2) is 13.6. The van der Waals surface area contributed by atoms with Gasteiger partial charge in [0.05, 0.1) is 15.8 Å². The molecule has 4 nitrogen and oxygen atoms in total. The summed E-state index contributed by atoms with van der Waals surface area (Å²) >= 11 is 20.2. The SMILES string of the molecule is CC(C)(C)NC(=O)[C@@H](Cc1ccccc1)N(Cc1ccc(Cl)c(Cl)c1)C(=O)CSCc1ccccc1Cl. The van der Waals surface area contributed by atoms with E-state index in [1.807, 2.05) is 81.4 Å². The Kier molecular flexibility index (Phi) is 10.8. The number of benzene rings is 3. The van der Waals surface area contributed by atoms with Gasteiger partial charge in [0.2, 0.25) is 11.8 Å². The Bertz CT molecular complexity index is 1220. The van der Waals surface area contributed by atoms with Crippen LogP contribution in [0.3, 0.4) is 0 Å². The lowest BCUT2D eigenvalue weighted by atomic mass is 10.0. The fraction of sp³-hybridized carbons (Fsp3) is 0.310. The Hall–Kier alpha value is -2.18. The minimum absolute atomic E-state index is 0.145. The summed E-state index contributed by atoms with van der Waals surface area (Å²) in [5, 5.41) is 4.57. The Morgan fingerprint density at radius 2 is 1.54 bits per heavy atom. The second-order valence-corrected chi connectivity index (χ2v) is 12.0. The minimum atomic E-state index is -0.718. The molecule has 0 aliphatic carbocycles. The van der Waals surface area contributed by atoms with E-state index in [-0.39, 0.29) is 24.1 Å². The Morgan fingerprint density at radius 1 is 0.865 bits per heavy atom. The van der Waals surface area contributed by atoms with Crippen LogP contribution in [0.1, 0.15) is 37.5 Å². The standard InChI is InChI=1S/C29H31Cl3N2O2S/c1-29(2,3)33-28(36)26(16-20-9-5-4-6-10-20)34(17-21-13-14-24(31)25(32)15-21)27(35)19-37-18-22-11-7-8-12-23(22)30/h4-15,26H,16-19H2,1-3H3,(H,33,36)/t26-/m1/s1. The molecule has 0 saturated carbocycles. The molecule has 0 bridgehead atoms. The lowest BCUT2D eigenvalue weighted by Crippen LogP contribution is -2.54. The molecular weight excluding hydrogens is 547 g/mol. The first-order valence-corrected chi connectivity index (χ1v) is 14.2. The van der Waals surface area contributed by atoms with E-state index in [9.17, 15) is 9.59 Å². The molecule has 2 amide bonds. The molecule has 0 fully saturated rings. The number of rotatable bonds is 10. The molecule has 0 aromatic heterocycles. The van der Waals surface area contributed by atoms with Gasteiger partial charge >= 0.3 is 0 Å². The van der Waals surface area contributed by atoms with Crippen LogP contribution < -0.4 is 5.32 Å². The fourth-order valence-corrected chi connectivity index (χ4v) is 5.30. The van der Waals surface area contributed by atoms with E-state index < -0.39 is 11.6 Å². The summed E-state index contributed by atoms with van der Waals surface area (Å²) in [5.74, 6) is 0.429. The van der Waals surface area contributed by atoms with Crippen LogP contribution >= 0.6 is 46.6 Å². The molecule has 3 aromatic carbocycles. The number of carbonyl (C=O) groups is 2. The molecule has 1 N–H and O–H groups in total. The van der Waals surface area contributed by atoms with Crippen molar-refractivity contribution in [2.24, 2.45) is 0 Å². The maximum absolute atomic E-state index is 13.7. The molecule has 0 spiro atoms. The topological polar surface area (TPSA) is 49.4 Å². The highest BCUT2D eigenvalue weighted by molar-refractivity contribution is 7.99. The predicted molar refractivity (Wildman–Crippen MR) is 156 cm³/mol. The van der Waals surface area contributed by atoms with Crippen LogP contribution in [0.4, 0.5) is 0 Å². The molecule has 3 rings (SSSR count). The maximum atomic E-state index is 13.7. The number of hydrogen-bond donors (Lipinski definition) is 1. The van der Waals surface area contributed by atoms with Gasteiger partial charge in [-0.25, -0.2) is 0 Å². The number of nitrogens with one attached hydrogen (secondary N) is 1. The largest absolute Gasteiger partial charge is 0.350 e. The third-order valence-corrected chi connectivity index (χ3v) is 7.62. The van der Waals surface area contributed by atoms with Crippen LogP contribution in [0, 0.1) is 0 Å². The van der Waals surface area contributed by atoms with E-state index >= 15 is 0 Å². The Morgan fingerprint density at radius 3 is 2.19 bits per heavy atom. The van der Waals surface area contributed by atoms with E-state index in [1.54, 1.807) is 17.0 Å². The Balaban J connectivity index is 1.90. The van der Waals surface area contributed by atoms with Crippen LogP contribution in [0.2, 0.25) is 15.1 Å². The van der Waals surface area contributed by atoms with Crippen molar-refractivity contribution < 1.29 is 9.59 Å². The summed E-state index contributed by atoms with van der Waals surface area (Å²) in [7, 11) is 0. The zero-order valence-electron chi connectivity index (χ0n) is 21.1. The maximum Gasteiger partial charge on any atom is 0.243 e. The molecule has 196 valence electrons.